The van der Waals surface area contributed by atoms with E-state index in [0.717, 1.165) is 19.5 Å². The van der Waals surface area contributed by atoms with Crippen LogP contribution in [0.4, 0.5) is 0 Å². The fourth-order valence-corrected chi connectivity index (χ4v) is 2.45. The van der Waals surface area contributed by atoms with E-state index < -0.39 is 10.0 Å². The van der Waals surface area contributed by atoms with Crippen molar-refractivity contribution < 1.29 is 8.42 Å². The zero-order valence-corrected chi connectivity index (χ0v) is 10.3. The van der Waals surface area contributed by atoms with Crippen LogP contribution in [0.15, 0.2) is 0 Å². The van der Waals surface area contributed by atoms with Crippen molar-refractivity contribution in [1.29, 1.82) is 0 Å². The molecule has 1 aliphatic heterocycles. The number of hydrogen-bond donors (Lipinski definition) is 2. The van der Waals surface area contributed by atoms with Crippen molar-refractivity contribution in [1.82, 2.24) is 10.2 Å². The Bertz CT molecular complexity index is 292. The van der Waals surface area contributed by atoms with Crippen LogP contribution in [0, 0.1) is 5.92 Å². The molecule has 1 aliphatic rings. The van der Waals surface area contributed by atoms with Gasteiger partial charge in [-0.2, -0.15) is 0 Å². The van der Waals surface area contributed by atoms with Gasteiger partial charge in [-0.05, 0) is 25.9 Å². The molecule has 6 heteroatoms. The van der Waals surface area contributed by atoms with Crippen LogP contribution >= 0.6 is 0 Å². The SMILES string of the molecule is CC1CN(C)CCC1NCCS(N)(=O)=O. The average Bonchev–Trinajstić information content (AvgIpc) is 2.07. The summed E-state index contributed by atoms with van der Waals surface area (Å²) in [5, 5.41) is 8.19. The molecule has 0 aromatic rings. The van der Waals surface area contributed by atoms with Gasteiger partial charge in [0.2, 0.25) is 10.0 Å². The monoisotopic (exact) mass is 235 g/mol. The summed E-state index contributed by atoms with van der Waals surface area (Å²) in [6.45, 7) is 4.77. The molecule has 90 valence electrons. The standard InChI is InChI=1S/C9H21N3O2S/c1-8-7-12(2)5-3-9(8)11-4-6-15(10,13)14/h8-9,11H,3-7H2,1-2H3,(H2,10,13,14). The highest BCUT2D eigenvalue weighted by Crippen LogP contribution is 2.14. The molecule has 0 saturated carbocycles. The molecule has 3 N–H and O–H groups in total. The van der Waals surface area contributed by atoms with Crippen LogP contribution in [-0.4, -0.2) is 51.8 Å². The van der Waals surface area contributed by atoms with E-state index in [1.165, 1.54) is 0 Å². The molecule has 0 radical (unpaired) electrons. The Labute approximate surface area is 92.1 Å². The number of nitrogens with zero attached hydrogens (tertiary/aromatic N) is 1. The molecule has 0 aliphatic carbocycles. The topological polar surface area (TPSA) is 75.4 Å². The maximum Gasteiger partial charge on any atom is 0.210 e. The lowest BCUT2D eigenvalue weighted by Gasteiger charge is -2.35. The summed E-state index contributed by atoms with van der Waals surface area (Å²) in [7, 11) is -1.22. The van der Waals surface area contributed by atoms with Gasteiger partial charge in [-0.15, -0.1) is 0 Å². The lowest BCUT2D eigenvalue weighted by Crippen LogP contribution is -2.48. The average molecular weight is 235 g/mol. The Balaban J connectivity index is 2.27. The fourth-order valence-electron chi connectivity index (χ4n) is 2.04. The lowest BCUT2D eigenvalue weighted by atomic mass is 9.94. The number of nitrogens with one attached hydrogen (secondary N) is 1. The molecule has 5 nitrogen and oxygen atoms in total. The van der Waals surface area contributed by atoms with E-state index in [1.807, 2.05) is 0 Å². The third-order valence-corrected chi connectivity index (χ3v) is 3.67. The van der Waals surface area contributed by atoms with E-state index in [0.29, 0.717) is 18.5 Å². The summed E-state index contributed by atoms with van der Waals surface area (Å²) in [4.78, 5) is 2.29. The highest BCUT2D eigenvalue weighted by molar-refractivity contribution is 7.89. The molecule has 1 fully saturated rings. The number of likely N-dealkylation sites (tertiary alicyclic amines) is 1. The molecular formula is C9H21N3O2S. The summed E-state index contributed by atoms with van der Waals surface area (Å²) in [6, 6.07) is 0.419. The van der Waals surface area contributed by atoms with E-state index >= 15 is 0 Å². The summed E-state index contributed by atoms with van der Waals surface area (Å²) < 4.78 is 21.5. The summed E-state index contributed by atoms with van der Waals surface area (Å²) in [5.41, 5.74) is 0. The zero-order valence-electron chi connectivity index (χ0n) is 9.44. The Kier molecular flexibility index (Phi) is 4.51. The molecule has 0 amide bonds. The van der Waals surface area contributed by atoms with Gasteiger partial charge in [-0.1, -0.05) is 6.92 Å². The van der Waals surface area contributed by atoms with Crippen LogP contribution in [0.1, 0.15) is 13.3 Å². The summed E-state index contributed by atoms with van der Waals surface area (Å²) in [5.74, 6) is 0.579. The first kappa shape index (κ1) is 12.9. The lowest BCUT2D eigenvalue weighted by molar-refractivity contribution is 0.177. The van der Waals surface area contributed by atoms with Gasteiger partial charge in [0.25, 0.3) is 0 Å². The molecular weight excluding hydrogens is 214 g/mol. The highest BCUT2D eigenvalue weighted by Gasteiger charge is 2.23. The van der Waals surface area contributed by atoms with Crippen molar-refractivity contribution in [2.45, 2.75) is 19.4 Å². The molecule has 2 unspecified atom stereocenters. The second-order valence-corrected chi connectivity index (χ2v) is 6.19. The van der Waals surface area contributed by atoms with Crippen molar-refractivity contribution in [2.75, 3.05) is 32.4 Å². The molecule has 2 atom stereocenters. The van der Waals surface area contributed by atoms with Crippen molar-refractivity contribution >= 4 is 10.0 Å². The Morgan fingerprint density at radius 1 is 1.53 bits per heavy atom. The third-order valence-electron chi connectivity index (χ3n) is 2.90. The summed E-state index contributed by atoms with van der Waals surface area (Å²) >= 11 is 0. The minimum absolute atomic E-state index is 0.0199. The largest absolute Gasteiger partial charge is 0.313 e. The number of sulfonamides is 1. The van der Waals surface area contributed by atoms with E-state index in [1.54, 1.807) is 0 Å². The van der Waals surface area contributed by atoms with Crippen molar-refractivity contribution in [3.63, 3.8) is 0 Å². The van der Waals surface area contributed by atoms with Gasteiger partial charge < -0.3 is 10.2 Å². The van der Waals surface area contributed by atoms with Crippen LogP contribution in [-0.2, 0) is 10.0 Å². The second kappa shape index (κ2) is 5.25. The van der Waals surface area contributed by atoms with Crippen molar-refractivity contribution in [3.05, 3.63) is 0 Å². The Morgan fingerprint density at radius 3 is 2.73 bits per heavy atom. The van der Waals surface area contributed by atoms with Crippen molar-refractivity contribution in [2.24, 2.45) is 11.1 Å². The van der Waals surface area contributed by atoms with Crippen molar-refractivity contribution in [3.8, 4) is 0 Å². The number of nitrogens with two attached hydrogens (primary N) is 1. The predicted molar refractivity (Wildman–Crippen MR) is 61.0 cm³/mol. The van der Waals surface area contributed by atoms with Gasteiger partial charge >= 0.3 is 0 Å². The van der Waals surface area contributed by atoms with Gasteiger partial charge in [-0.3, -0.25) is 0 Å². The zero-order chi connectivity index (χ0) is 11.5. The van der Waals surface area contributed by atoms with Gasteiger partial charge in [0.1, 0.15) is 0 Å². The molecule has 1 saturated heterocycles. The van der Waals surface area contributed by atoms with Gasteiger partial charge in [0.15, 0.2) is 0 Å². The number of piperidine rings is 1. The minimum atomic E-state index is -3.33. The van der Waals surface area contributed by atoms with E-state index in [2.05, 4.69) is 24.2 Å². The van der Waals surface area contributed by atoms with Gasteiger partial charge in [-0.25, -0.2) is 13.6 Å². The molecule has 0 aromatic carbocycles. The van der Waals surface area contributed by atoms with Crippen LogP contribution in [0.25, 0.3) is 0 Å². The Morgan fingerprint density at radius 2 is 2.20 bits per heavy atom. The van der Waals surface area contributed by atoms with Crippen LogP contribution in [0.3, 0.4) is 0 Å². The van der Waals surface area contributed by atoms with E-state index in [9.17, 15) is 8.42 Å². The minimum Gasteiger partial charge on any atom is -0.313 e. The first-order valence-corrected chi connectivity index (χ1v) is 7.02. The third kappa shape index (κ3) is 4.92. The smallest absolute Gasteiger partial charge is 0.210 e. The number of hydrogen-bond acceptors (Lipinski definition) is 4. The molecule has 15 heavy (non-hydrogen) atoms. The maximum atomic E-state index is 10.7. The van der Waals surface area contributed by atoms with E-state index in [4.69, 9.17) is 5.14 Å². The second-order valence-electron chi connectivity index (χ2n) is 4.46. The molecule has 1 heterocycles. The van der Waals surface area contributed by atoms with Gasteiger partial charge in [0.05, 0.1) is 5.75 Å². The van der Waals surface area contributed by atoms with Crippen LogP contribution < -0.4 is 10.5 Å². The van der Waals surface area contributed by atoms with Crippen LogP contribution in [0.2, 0.25) is 0 Å². The van der Waals surface area contributed by atoms with Gasteiger partial charge in [0, 0.05) is 19.1 Å². The predicted octanol–water partition coefficient (Wildman–Crippen LogP) is -0.795. The molecule has 0 aromatic heterocycles. The number of primary sulfonamides is 1. The first-order valence-electron chi connectivity index (χ1n) is 5.31. The number of rotatable bonds is 4. The Hall–Kier alpha value is -0.170. The first-order chi connectivity index (χ1) is 6.88. The summed E-state index contributed by atoms with van der Waals surface area (Å²) in [6.07, 6.45) is 1.07. The quantitative estimate of drug-likeness (QED) is 0.669. The highest BCUT2D eigenvalue weighted by atomic mass is 32.2. The molecule has 0 spiro atoms. The molecule has 0 bridgehead atoms. The fraction of sp³-hybridized carbons (Fsp3) is 1.00. The molecule has 1 rings (SSSR count). The maximum absolute atomic E-state index is 10.7. The van der Waals surface area contributed by atoms with Crippen LogP contribution in [0.5, 0.6) is 0 Å². The normalized spacial score (nSPS) is 29.3. The van der Waals surface area contributed by atoms with E-state index in [-0.39, 0.29) is 5.75 Å².